The summed E-state index contributed by atoms with van der Waals surface area (Å²) in [6, 6.07) is 0. The summed E-state index contributed by atoms with van der Waals surface area (Å²) >= 11 is 1.59. The van der Waals surface area contributed by atoms with Gasteiger partial charge >= 0.3 is 0 Å². The van der Waals surface area contributed by atoms with E-state index in [0.29, 0.717) is 13.1 Å². The number of carbonyl (C=O) groups excluding carboxylic acids is 1. The maximum absolute atomic E-state index is 12.9. The topological polar surface area (TPSA) is 57.9 Å². The Balaban J connectivity index is 1.68. The molecule has 1 fully saturated rings. The normalized spacial score (nSPS) is 18.8. The molecule has 1 amide bonds. The molecule has 2 aromatic rings. The molecule has 128 valence electrons. The van der Waals surface area contributed by atoms with Gasteiger partial charge in [0.25, 0.3) is 11.5 Å². The Labute approximate surface area is 144 Å². The molecule has 3 heterocycles. The van der Waals surface area contributed by atoms with Crippen LogP contribution in [0, 0.1) is 0 Å². The maximum Gasteiger partial charge on any atom is 0.271 e. The summed E-state index contributed by atoms with van der Waals surface area (Å²) in [6.07, 6.45) is 5.67. The summed E-state index contributed by atoms with van der Waals surface area (Å²) in [4.78, 5) is 36.2. The van der Waals surface area contributed by atoms with Gasteiger partial charge in [0, 0.05) is 42.9 Å². The first kappa shape index (κ1) is 15.8. The van der Waals surface area contributed by atoms with Crippen molar-refractivity contribution in [3.63, 3.8) is 0 Å². The van der Waals surface area contributed by atoms with Crippen molar-refractivity contribution in [2.24, 2.45) is 0 Å². The number of aryl methyl sites for hydroxylation is 2. The number of hydrogen-bond donors (Lipinski definition) is 0. The Morgan fingerprint density at radius 1 is 1.21 bits per heavy atom. The molecule has 0 spiro atoms. The molecule has 1 aliphatic carbocycles. The molecule has 6 nitrogen and oxygen atoms in total. The Morgan fingerprint density at radius 2 is 1.96 bits per heavy atom. The molecule has 2 aromatic heterocycles. The van der Waals surface area contributed by atoms with Gasteiger partial charge in [-0.2, -0.15) is 0 Å². The van der Waals surface area contributed by atoms with Gasteiger partial charge in [0.15, 0.2) is 4.96 Å². The third-order valence-corrected chi connectivity index (χ3v) is 6.30. The smallest absolute Gasteiger partial charge is 0.271 e. The van der Waals surface area contributed by atoms with Crippen molar-refractivity contribution in [2.75, 3.05) is 32.7 Å². The van der Waals surface area contributed by atoms with E-state index in [1.54, 1.807) is 20.6 Å². The van der Waals surface area contributed by atoms with E-state index in [1.807, 2.05) is 0 Å². The second kappa shape index (κ2) is 6.29. The molecule has 4 rings (SSSR count). The van der Waals surface area contributed by atoms with Crippen LogP contribution in [-0.2, 0) is 12.8 Å². The van der Waals surface area contributed by atoms with E-state index >= 15 is 0 Å². The van der Waals surface area contributed by atoms with Gasteiger partial charge in [-0.15, -0.1) is 11.3 Å². The van der Waals surface area contributed by atoms with E-state index in [9.17, 15) is 9.59 Å². The van der Waals surface area contributed by atoms with Gasteiger partial charge in [-0.1, -0.05) is 6.92 Å². The number of rotatable bonds is 2. The molecule has 1 saturated heterocycles. The van der Waals surface area contributed by atoms with Crippen LogP contribution in [0.25, 0.3) is 4.96 Å². The van der Waals surface area contributed by atoms with Gasteiger partial charge in [0.1, 0.15) is 5.56 Å². The lowest BCUT2D eigenvalue weighted by molar-refractivity contribution is 0.0641. The van der Waals surface area contributed by atoms with Crippen molar-refractivity contribution < 1.29 is 4.79 Å². The molecular weight excluding hydrogens is 324 g/mol. The standard InChI is InChI=1S/C17H22N4O2S/c1-2-19-7-9-20(10-8-19)15(22)12-11-18-17-21(16(12)23)13-5-3-4-6-14(13)24-17/h11H,2-10H2,1H3. The Bertz CT molecular complexity index is 833. The quantitative estimate of drug-likeness (QED) is 0.825. The highest BCUT2D eigenvalue weighted by Gasteiger charge is 2.26. The highest BCUT2D eigenvalue weighted by atomic mass is 32.1. The lowest BCUT2D eigenvalue weighted by Gasteiger charge is -2.33. The number of hydrogen-bond acceptors (Lipinski definition) is 5. The van der Waals surface area contributed by atoms with E-state index in [1.165, 1.54) is 17.5 Å². The zero-order chi connectivity index (χ0) is 16.7. The molecule has 0 aromatic carbocycles. The first-order chi connectivity index (χ1) is 11.7. The minimum atomic E-state index is -0.192. The van der Waals surface area contributed by atoms with Crippen LogP contribution in [0.3, 0.4) is 0 Å². The van der Waals surface area contributed by atoms with Gasteiger partial charge in [0.2, 0.25) is 0 Å². The largest absolute Gasteiger partial charge is 0.336 e. The summed E-state index contributed by atoms with van der Waals surface area (Å²) in [5.74, 6) is -0.173. The van der Waals surface area contributed by atoms with Gasteiger partial charge in [-0.05, 0) is 32.2 Å². The fourth-order valence-corrected chi connectivity index (χ4v) is 4.82. The van der Waals surface area contributed by atoms with Crippen LogP contribution >= 0.6 is 11.3 Å². The summed E-state index contributed by atoms with van der Waals surface area (Å²) in [7, 11) is 0. The first-order valence-corrected chi connectivity index (χ1v) is 9.54. The SMILES string of the molecule is CCN1CCN(C(=O)c2cnc3sc4c(n3c2=O)CCCC4)CC1. The van der Waals surface area contributed by atoms with Crippen molar-refractivity contribution in [3.8, 4) is 0 Å². The number of amides is 1. The molecule has 0 saturated carbocycles. The molecule has 0 unspecified atom stereocenters. The monoisotopic (exact) mass is 346 g/mol. The predicted molar refractivity (Wildman–Crippen MR) is 94.0 cm³/mol. The van der Waals surface area contributed by atoms with Crippen molar-refractivity contribution >= 4 is 22.2 Å². The van der Waals surface area contributed by atoms with Crippen LogP contribution in [0.2, 0.25) is 0 Å². The van der Waals surface area contributed by atoms with Crippen LogP contribution in [0.1, 0.15) is 40.7 Å². The van der Waals surface area contributed by atoms with Gasteiger partial charge in [0.05, 0.1) is 0 Å². The van der Waals surface area contributed by atoms with Crippen LogP contribution in [0.15, 0.2) is 11.0 Å². The van der Waals surface area contributed by atoms with E-state index in [2.05, 4.69) is 16.8 Å². The number of aromatic nitrogens is 2. The van der Waals surface area contributed by atoms with Crippen molar-refractivity contribution in [2.45, 2.75) is 32.6 Å². The molecule has 0 bridgehead atoms. The summed E-state index contributed by atoms with van der Waals surface area (Å²) < 4.78 is 1.69. The molecular formula is C17H22N4O2S. The fourth-order valence-electron chi connectivity index (χ4n) is 3.65. The third kappa shape index (κ3) is 2.56. The maximum atomic E-state index is 12.9. The summed E-state index contributed by atoms with van der Waals surface area (Å²) in [5.41, 5.74) is 1.09. The van der Waals surface area contributed by atoms with Crippen LogP contribution in [0.4, 0.5) is 0 Å². The summed E-state index contributed by atoms with van der Waals surface area (Å²) in [6.45, 7) is 6.22. The molecule has 0 radical (unpaired) electrons. The number of carbonyl (C=O) groups is 1. The number of nitrogens with zero attached hydrogens (tertiary/aromatic N) is 4. The van der Waals surface area contributed by atoms with Crippen LogP contribution in [0.5, 0.6) is 0 Å². The number of thiazole rings is 1. The molecule has 0 N–H and O–H groups in total. The van der Waals surface area contributed by atoms with Crippen molar-refractivity contribution in [3.05, 3.63) is 32.7 Å². The highest BCUT2D eigenvalue weighted by Crippen LogP contribution is 2.28. The third-order valence-electron chi connectivity index (χ3n) is 5.14. The van der Waals surface area contributed by atoms with Crippen LogP contribution in [-0.4, -0.2) is 57.8 Å². The lowest BCUT2D eigenvalue weighted by Crippen LogP contribution is -2.49. The zero-order valence-corrected chi connectivity index (χ0v) is 14.8. The van der Waals surface area contributed by atoms with Gasteiger partial charge in [-0.25, -0.2) is 4.98 Å². The summed E-state index contributed by atoms with van der Waals surface area (Å²) in [5, 5.41) is 0. The van der Waals surface area contributed by atoms with E-state index in [-0.39, 0.29) is 17.0 Å². The van der Waals surface area contributed by atoms with Crippen molar-refractivity contribution in [1.29, 1.82) is 0 Å². The average Bonchev–Trinajstić information content (AvgIpc) is 3.01. The van der Waals surface area contributed by atoms with E-state index < -0.39 is 0 Å². The molecule has 0 atom stereocenters. The van der Waals surface area contributed by atoms with Gasteiger partial charge in [-0.3, -0.25) is 14.0 Å². The highest BCUT2D eigenvalue weighted by molar-refractivity contribution is 7.17. The molecule has 7 heteroatoms. The van der Waals surface area contributed by atoms with Crippen LogP contribution < -0.4 is 5.56 Å². The second-order valence-electron chi connectivity index (χ2n) is 6.50. The molecule has 1 aliphatic heterocycles. The second-order valence-corrected chi connectivity index (χ2v) is 7.56. The van der Waals surface area contributed by atoms with E-state index in [4.69, 9.17) is 0 Å². The minimum absolute atomic E-state index is 0.173. The Hall–Kier alpha value is -1.73. The zero-order valence-electron chi connectivity index (χ0n) is 14.0. The van der Waals surface area contributed by atoms with Crippen molar-refractivity contribution in [1.82, 2.24) is 19.2 Å². The Kier molecular flexibility index (Phi) is 4.14. The fraction of sp³-hybridized carbons (Fsp3) is 0.588. The first-order valence-electron chi connectivity index (χ1n) is 8.73. The van der Waals surface area contributed by atoms with Gasteiger partial charge < -0.3 is 9.80 Å². The lowest BCUT2D eigenvalue weighted by atomic mass is 10.0. The number of likely N-dealkylation sites (N-methyl/N-ethyl adjacent to an activating group) is 1. The predicted octanol–water partition coefficient (Wildman–Crippen LogP) is 1.41. The van der Waals surface area contributed by atoms with E-state index in [0.717, 1.165) is 49.6 Å². The molecule has 2 aliphatic rings. The molecule has 24 heavy (non-hydrogen) atoms. The Morgan fingerprint density at radius 3 is 2.71 bits per heavy atom. The number of piperazine rings is 1. The average molecular weight is 346 g/mol. The minimum Gasteiger partial charge on any atom is -0.336 e. The number of fused-ring (bicyclic) bond motifs is 3.